The predicted octanol–water partition coefficient (Wildman–Crippen LogP) is 2.09. The van der Waals surface area contributed by atoms with Crippen molar-refractivity contribution in [2.24, 2.45) is 0 Å². The van der Waals surface area contributed by atoms with Gasteiger partial charge in [-0.3, -0.25) is 4.90 Å². The van der Waals surface area contributed by atoms with Gasteiger partial charge in [0.15, 0.2) is 5.82 Å². The average molecular weight is 371 g/mol. The lowest BCUT2D eigenvalue weighted by atomic mass is 9.85. The lowest BCUT2D eigenvalue weighted by Gasteiger charge is -2.45. The van der Waals surface area contributed by atoms with Gasteiger partial charge in [-0.1, -0.05) is 0 Å². The summed E-state index contributed by atoms with van der Waals surface area (Å²) < 4.78 is 8.39. The molecule has 3 aliphatic heterocycles. The highest BCUT2D eigenvalue weighted by Gasteiger charge is 2.44. The number of anilines is 1. The van der Waals surface area contributed by atoms with E-state index in [1.807, 2.05) is 10.6 Å². The van der Waals surface area contributed by atoms with E-state index in [0.717, 1.165) is 30.6 Å². The summed E-state index contributed by atoms with van der Waals surface area (Å²) >= 11 is 0. The van der Waals surface area contributed by atoms with Crippen molar-refractivity contribution < 1.29 is 4.74 Å². The fourth-order valence-electron chi connectivity index (χ4n) is 5.40. The van der Waals surface area contributed by atoms with Crippen molar-refractivity contribution in [1.82, 2.24) is 24.4 Å². The van der Waals surface area contributed by atoms with E-state index < -0.39 is 0 Å². The van der Waals surface area contributed by atoms with Crippen LogP contribution in [0.3, 0.4) is 0 Å². The summed E-state index contributed by atoms with van der Waals surface area (Å²) in [5.74, 6) is 0.520. The molecule has 5 heterocycles. The average Bonchev–Trinajstić information content (AvgIpc) is 3.38. The fourth-order valence-corrected chi connectivity index (χ4v) is 5.40. The third kappa shape index (κ3) is 3.02. The number of fused-ring (bicyclic) bond motifs is 1. The van der Waals surface area contributed by atoms with Crippen molar-refractivity contribution in [1.29, 1.82) is 0 Å². The Kier molecular flexibility index (Phi) is 4.33. The van der Waals surface area contributed by atoms with Gasteiger partial charge in [0, 0.05) is 12.1 Å². The zero-order valence-electron chi connectivity index (χ0n) is 16.2. The molecule has 7 heteroatoms. The van der Waals surface area contributed by atoms with Crippen LogP contribution in [0, 0.1) is 0 Å². The van der Waals surface area contributed by atoms with Gasteiger partial charge in [-0.2, -0.15) is 5.10 Å². The number of ether oxygens (including phenoxy) is 1. The minimum atomic E-state index is 0.0999. The Morgan fingerprint density at radius 3 is 2.89 bits per heavy atom. The number of nitrogens with zero attached hydrogens (tertiary/aromatic N) is 5. The first-order chi connectivity index (χ1) is 13.1. The van der Waals surface area contributed by atoms with Gasteiger partial charge in [-0.25, -0.2) is 9.50 Å². The summed E-state index contributed by atoms with van der Waals surface area (Å²) in [4.78, 5) is 9.30. The van der Waals surface area contributed by atoms with Crippen LogP contribution in [0.4, 0.5) is 5.82 Å². The molecule has 0 amide bonds. The van der Waals surface area contributed by atoms with Gasteiger partial charge in [-0.15, -0.1) is 0 Å². The van der Waals surface area contributed by atoms with Crippen molar-refractivity contribution in [3.63, 3.8) is 0 Å². The Morgan fingerprint density at radius 1 is 1.19 bits per heavy atom. The molecular weight excluding hydrogens is 340 g/mol. The minimum absolute atomic E-state index is 0.0999. The van der Waals surface area contributed by atoms with E-state index in [0.29, 0.717) is 17.5 Å². The number of aromatic nitrogens is 3. The standard InChI is InChI=1S/C20H30N6O/c1-24-11-8-20(9-12-24)7-2-10-25(20)13-15-3-6-18(27-15)16-4-5-17-19(21)22-14-23-26(16)17/h4-5,14-15,18H,2-3,6-13H2,1H3,(H2,21,22,23)/t15-,18?/m0/s1. The second-order valence-corrected chi connectivity index (χ2v) is 8.60. The molecule has 0 aromatic carbocycles. The molecule has 0 bridgehead atoms. The number of nitrogens with two attached hydrogens (primary N) is 1. The Balaban J connectivity index is 1.28. The third-order valence-corrected chi connectivity index (χ3v) is 7.03. The quantitative estimate of drug-likeness (QED) is 0.892. The molecule has 2 atom stereocenters. The van der Waals surface area contributed by atoms with Gasteiger partial charge in [0.25, 0.3) is 0 Å². The molecule has 2 aromatic rings. The molecule has 3 saturated heterocycles. The van der Waals surface area contributed by atoms with Gasteiger partial charge in [0.2, 0.25) is 0 Å². The molecule has 0 radical (unpaired) electrons. The normalized spacial score (nSPS) is 29.2. The highest BCUT2D eigenvalue weighted by atomic mass is 16.5. The first kappa shape index (κ1) is 17.4. The molecular formula is C20H30N6O. The van der Waals surface area contributed by atoms with E-state index in [9.17, 15) is 0 Å². The molecule has 1 spiro atoms. The highest BCUT2D eigenvalue weighted by Crippen LogP contribution is 2.40. The van der Waals surface area contributed by atoms with Crippen molar-refractivity contribution in [3.05, 3.63) is 24.2 Å². The van der Waals surface area contributed by atoms with Crippen LogP contribution in [0.25, 0.3) is 5.52 Å². The molecule has 146 valence electrons. The maximum Gasteiger partial charge on any atom is 0.151 e. The number of hydrogen-bond acceptors (Lipinski definition) is 6. The molecule has 1 unspecified atom stereocenters. The number of hydrogen-bond donors (Lipinski definition) is 1. The van der Waals surface area contributed by atoms with Gasteiger partial charge in [0.05, 0.1) is 11.8 Å². The summed E-state index contributed by atoms with van der Waals surface area (Å²) in [7, 11) is 2.25. The summed E-state index contributed by atoms with van der Waals surface area (Å²) in [6, 6.07) is 4.08. The van der Waals surface area contributed by atoms with Crippen molar-refractivity contribution in [2.45, 2.75) is 56.3 Å². The summed E-state index contributed by atoms with van der Waals surface area (Å²) in [6.07, 6.45) is 9.40. The molecule has 2 N–H and O–H groups in total. The van der Waals surface area contributed by atoms with Crippen LogP contribution in [0.2, 0.25) is 0 Å². The topological polar surface area (TPSA) is 71.9 Å². The molecule has 3 aliphatic rings. The van der Waals surface area contributed by atoms with Gasteiger partial charge in [0.1, 0.15) is 17.9 Å². The first-order valence-electron chi connectivity index (χ1n) is 10.3. The smallest absolute Gasteiger partial charge is 0.151 e. The maximum atomic E-state index is 6.50. The van der Waals surface area contributed by atoms with Crippen molar-refractivity contribution in [3.8, 4) is 0 Å². The first-order valence-corrected chi connectivity index (χ1v) is 10.3. The summed E-state index contributed by atoms with van der Waals surface area (Å²) in [5, 5.41) is 4.38. The van der Waals surface area contributed by atoms with Crippen LogP contribution in [0.1, 0.15) is 50.3 Å². The van der Waals surface area contributed by atoms with Crippen LogP contribution >= 0.6 is 0 Å². The van der Waals surface area contributed by atoms with Gasteiger partial charge < -0.3 is 15.4 Å². The third-order valence-electron chi connectivity index (χ3n) is 7.03. The second-order valence-electron chi connectivity index (χ2n) is 8.60. The number of piperidine rings is 1. The Hall–Kier alpha value is -1.70. The van der Waals surface area contributed by atoms with Gasteiger partial charge >= 0.3 is 0 Å². The number of nitrogen functional groups attached to an aromatic ring is 1. The summed E-state index contributed by atoms with van der Waals surface area (Å²) in [6.45, 7) is 4.75. The molecule has 0 aliphatic carbocycles. The highest BCUT2D eigenvalue weighted by molar-refractivity contribution is 5.65. The van der Waals surface area contributed by atoms with E-state index >= 15 is 0 Å². The molecule has 7 nitrogen and oxygen atoms in total. The minimum Gasteiger partial charge on any atom is -0.382 e. The number of rotatable bonds is 3. The Morgan fingerprint density at radius 2 is 2.04 bits per heavy atom. The van der Waals surface area contributed by atoms with E-state index in [1.165, 1.54) is 51.6 Å². The van der Waals surface area contributed by atoms with Crippen molar-refractivity contribution in [2.75, 3.05) is 39.0 Å². The molecule has 0 saturated carbocycles. The van der Waals surface area contributed by atoms with E-state index in [-0.39, 0.29) is 6.10 Å². The number of likely N-dealkylation sites (tertiary alicyclic amines) is 2. The van der Waals surface area contributed by atoms with Crippen LogP contribution in [-0.2, 0) is 4.74 Å². The zero-order chi connectivity index (χ0) is 18.4. The van der Waals surface area contributed by atoms with Gasteiger partial charge in [-0.05, 0) is 77.3 Å². The lowest BCUT2D eigenvalue weighted by molar-refractivity contribution is -0.0124. The van der Waals surface area contributed by atoms with E-state index in [1.54, 1.807) is 0 Å². The van der Waals surface area contributed by atoms with Crippen LogP contribution in [0.15, 0.2) is 18.5 Å². The van der Waals surface area contributed by atoms with E-state index in [2.05, 4.69) is 33.0 Å². The fraction of sp³-hybridized carbons (Fsp3) is 0.700. The molecule has 27 heavy (non-hydrogen) atoms. The zero-order valence-corrected chi connectivity index (χ0v) is 16.2. The monoisotopic (exact) mass is 370 g/mol. The SMILES string of the molecule is CN1CCC2(CCCN2C[C@@H]2CCC(c3ccc4c(N)ncnn34)O2)CC1. The molecule has 3 fully saturated rings. The van der Waals surface area contributed by atoms with E-state index in [4.69, 9.17) is 10.5 Å². The predicted molar refractivity (Wildman–Crippen MR) is 105 cm³/mol. The maximum absolute atomic E-state index is 6.50. The Bertz CT molecular complexity index is 812. The Labute approximate surface area is 160 Å². The lowest BCUT2D eigenvalue weighted by Crippen LogP contribution is -2.53. The van der Waals surface area contributed by atoms with Crippen LogP contribution in [-0.4, -0.2) is 69.3 Å². The van der Waals surface area contributed by atoms with Crippen LogP contribution in [0.5, 0.6) is 0 Å². The van der Waals surface area contributed by atoms with Crippen LogP contribution < -0.4 is 5.73 Å². The second kappa shape index (κ2) is 6.72. The molecule has 5 rings (SSSR count). The molecule has 2 aromatic heterocycles. The largest absolute Gasteiger partial charge is 0.382 e. The van der Waals surface area contributed by atoms with Crippen molar-refractivity contribution >= 4 is 11.3 Å². The summed E-state index contributed by atoms with van der Waals surface area (Å²) in [5.41, 5.74) is 8.36.